The number of carbonyl (C=O) groups is 2. The second kappa shape index (κ2) is 7.55. The van der Waals surface area contributed by atoms with Crippen molar-refractivity contribution >= 4 is 11.8 Å². The molecule has 28 heavy (non-hydrogen) atoms. The first-order valence-corrected chi connectivity index (χ1v) is 8.95. The third-order valence-electron chi connectivity index (χ3n) is 4.66. The van der Waals surface area contributed by atoms with Crippen molar-refractivity contribution in [2.24, 2.45) is 0 Å². The lowest BCUT2D eigenvalue weighted by Gasteiger charge is -2.33. The summed E-state index contributed by atoms with van der Waals surface area (Å²) in [5.41, 5.74) is 1.39. The zero-order valence-corrected chi connectivity index (χ0v) is 15.3. The topological polar surface area (TPSA) is 106 Å². The number of imidazole rings is 1. The Kier molecular flexibility index (Phi) is 4.79. The largest absolute Gasteiger partial charge is 0.345 e. The van der Waals surface area contributed by atoms with Crippen LogP contribution in [0.1, 0.15) is 45.5 Å². The molecule has 0 fully saturated rings. The minimum Gasteiger partial charge on any atom is -0.345 e. The van der Waals surface area contributed by atoms with Crippen LogP contribution in [0.5, 0.6) is 0 Å². The van der Waals surface area contributed by atoms with Crippen molar-refractivity contribution in [3.63, 3.8) is 0 Å². The molecule has 1 N–H and O–H groups in total. The van der Waals surface area contributed by atoms with Crippen LogP contribution in [-0.2, 0) is 13.1 Å². The van der Waals surface area contributed by atoms with E-state index in [0.29, 0.717) is 36.8 Å². The highest BCUT2D eigenvalue weighted by Crippen LogP contribution is 2.25. The van der Waals surface area contributed by atoms with Crippen LogP contribution in [0.2, 0.25) is 0 Å². The van der Waals surface area contributed by atoms with Crippen LogP contribution in [-0.4, -0.2) is 47.8 Å². The van der Waals surface area contributed by atoms with E-state index in [4.69, 9.17) is 0 Å². The van der Waals surface area contributed by atoms with Gasteiger partial charge in [-0.3, -0.25) is 19.6 Å². The summed E-state index contributed by atoms with van der Waals surface area (Å²) >= 11 is 0. The van der Waals surface area contributed by atoms with E-state index in [0.717, 1.165) is 5.69 Å². The lowest BCUT2D eigenvalue weighted by molar-refractivity contribution is 0.0631. The van der Waals surface area contributed by atoms with Crippen LogP contribution in [0.3, 0.4) is 0 Å². The van der Waals surface area contributed by atoms with Gasteiger partial charge in [0.25, 0.3) is 11.8 Å². The van der Waals surface area contributed by atoms with Gasteiger partial charge >= 0.3 is 0 Å². The molecular weight excluding hydrogens is 358 g/mol. The average Bonchev–Trinajstić information content (AvgIpc) is 3.19. The van der Waals surface area contributed by atoms with E-state index in [9.17, 15) is 9.59 Å². The first-order chi connectivity index (χ1) is 13.6. The van der Waals surface area contributed by atoms with Crippen LogP contribution in [0, 0.1) is 0 Å². The third-order valence-corrected chi connectivity index (χ3v) is 4.66. The normalized spacial score (nSPS) is 15.8. The number of hydrogen-bond acceptors (Lipinski definition) is 6. The van der Waals surface area contributed by atoms with E-state index in [1.54, 1.807) is 17.3 Å². The molecule has 4 rings (SSSR count). The number of hydrogen-bond donors (Lipinski definition) is 1. The average molecular weight is 377 g/mol. The van der Waals surface area contributed by atoms with Gasteiger partial charge in [-0.1, -0.05) is 6.07 Å². The third kappa shape index (κ3) is 3.46. The fraction of sp³-hybridized carbons (Fsp3) is 0.263. The number of carbonyl (C=O) groups excluding carboxylic acids is 2. The Bertz CT molecular complexity index is 988. The summed E-state index contributed by atoms with van der Waals surface area (Å²) in [4.78, 5) is 43.6. The van der Waals surface area contributed by atoms with Gasteiger partial charge in [0.15, 0.2) is 0 Å². The number of nitrogens with zero attached hydrogens (tertiary/aromatic N) is 6. The molecule has 2 amide bonds. The molecular formula is C19H19N7O2. The summed E-state index contributed by atoms with van der Waals surface area (Å²) in [5.74, 6) is 0.203. The van der Waals surface area contributed by atoms with Crippen LogP contribution in [0.25, 0.3) is 0 Å². The molecule has 0 spiro atoms. The van der Waals surface area contributed by atoms with E-state index in [-0.39, 0.29) is 17.9 Å². The fourth-order valence-electron chi connectivity index (χ4n) is 3.20. The second-order valence-corrected chi connectivity index (χ2v) is 6.45. The molecule has 0 radical (unpaired) electrons. The summed E-state index contributed by atoms with van der Waals surface area (Å²) < 4.78 is 1.92. The first kappa shape index (κ1) is 17.8. The molecule has 3 aromatic rings. The predicted molar refractivity (Wildman–Crippen MR) is 99.1 cm³/mol. The number of pyridine rings is 1. The zero-order valence-electron chi connectivity index (χ0n) is 15.3. The number of fused-ring (bicyclic) bond motifs is 1. The molecule has 0 saturated carbocycles. The van der Waals surface area contributed by atoms with Gasteiger partial charge in [0.05, 0.1) is 24.5 Å². The van der Waals surface area contributed by atoms with Crippen molar-refractivity contribution in [1.82, 2.24) is 34.7 Å². The molecule has 1 atom stereocenters. The molecule has 142 valence electrons. The maximum atomic E-state index is 12.7. The maximum absolute atomic E-state index is 12.7. The number of aromatic nitrogens is 5. The van der Waals surface area contributed by atoms with Crippen LogP contribution < -0.4 is 5.32 Å². The Morgan fingerprint density at radius 1 is 1.14 bits per heavy atom. The summed E-state index contributed by atoms with van der Waals surface area (Å²) in [5, 5.41) is 2.82. The van der Waals surface area contributed by atoms with Crippen molar-refractivity contribution in [2.45, 2.75) is 26.1 Å². The van der Waals surface area contributed by atoms with Gasteiger partial charge < -0.3 is 14.8 Å². The predicted octanol–water partition coefficient (Wildman–Crippen LogP) is 1.22. The SMILES string of the molecule is C[C@H]1c2nc(C(=O)NCc3ccccn3)cn2CCN1C(=O)c1cnccn1. The van der Waals surface area contributed by atoms with E-state index in [2.05, 4.69) is 25.3 Å². The van der Waals surface area contributed by atoms with Gasteiger partial charge in [-0.05, 0) is 19.1 Å². The molecule has 3 aromatic heterocycles. The molecule has 1 aliphatic heterocycles. The Balaban J connectivity index is 1.48. The molecule has 1 aliphatic rings. The molecule has 4 heterocycles. The molecule has 0 saturated heterocycles. The standard InChI is InChI=1S/C19H19N7O2/c1-13-17-24-16(18(27)23-10-14-4-2-3-5-21-14)12-25(17)8-9-26(13)19(28)15-11-20-6-7-22-15/h2-7,11-13H,8-10H2,1H3,(H,23,27)/t13-/m0/s1. The smallest absolute Gasteiger partial charge is 0.274 e. The van der Waals surface area contributed by atoms with Crippen molar-refractivity contribution in [3.8, 4) is 0 Å². The Hall–Kier alpha value is -3.62. The van der Waals surface area contributed by atoms with Crippen LogP contribution in [0.4, 0.5) is 0 Å². The lowest BCUT2D eigenvalue weighted by Crippen LogP contribution is -2.41. The molecule has 0 bridgehead atoms. The quantitative estimate of drug-likeness (QED) is 0.733. The highest BCUT2D eigenvalue weighted by Gasteiger charge is 2.31. The highest BCUT2D eigenvalue weighted by atomic mass is 16.2. The summed E-state index contributed by atoms with van der Waals surface area (Å²) in [6, 6.07) is 5.26. The van der Waals surface area contributed by atoms with E-state index < -0.39 is 0 Å². The summed E-state index contributed by atoms with van der Waals surface area (Å²) in [6.45, 7) is 3.29. The van der Waals surface area contributed by atoms with Crippen molar-refractivity contribution in [1.29, 1.82) is 0 Å². The van der Waals surface area contributed by atoms with Gasteiger partial charge in [-0.2, -0.15) is 0 Å². The highest BCUT2D eigenvalue weighted by molar-refractivity contribution is 5.93. The first-order valence-electron chi connectivity index (χ1n) is 8.95. The monoisotopic (exact) mass is 377 g/mol. The van der Waals surface area contributed by atoms with Gasteiger partial charge in [-0.15, -0.1) is 0 Å². The molecule has 9 heteroatoms. The lowest BCUT2D eigenvalue weighted by atomic mass is 10.2. The van der Waals surface area contributed by atoms with Crippen LogP contribution in [0.15, 0.2) is 49.2 Å². The Labute approximate surface area is 161 Å². The summed E-state index contributed by atoms with van der Waals surface area (Å²) in [7, 11) is 0. The molecule has 0 unspecified atom stereocenters. The number of amides is 2. The van der Waals surface area contributed by atoms with E-state index in [1.165, 1.54) is 18.6 Å². The molecule has 0 aromatic carbocycles. The summed E-state index contributed by atoms with van der Waals surface area (Å²) in [6.07, 6.45) is 7.88. The van der Waals surface area contributed by atoms with Crippen LogP contribution >= 0.6 is 0 Å². The maximum Gasteiger partial charge on any atom is 0.274 e. The van der Waals surface area contributed by atoms with Crippen molar-refractivity contribution in [2.75, 3.05) is 6.54 Å². The van der Waals surface area contributed by atoms with Gasteiger partial charge in [0, 0.05) is 37.9 Å². The minimum absolute atomic E-state index is 0.198. The van der Waals surface area contributed by atoms with Gasteiger partial charge in [0.1, 0.15) is 17.2 Å². The van der Waals surface area contributed by atoms with Crippen molar-refractivity contribution in [3.05, 3.63) is 72.1 Å². The Morgan fingerprint density at radius 3 is 2.79 bits per heavy atom. The molecule has 9 nitrogen and oxygen atoms in total. The second-order valence-electron chi connectivity index (χ2n) is 6.45. The number of rotatable bonds is 4. The van der Waals surface area contributed by atoms with Gasteiger partial charge in [-0.25, -0.2) is 9.97 Å². The fourth-order valence-corrected chi connectivity index (χ4v) is 3.20. The molecule has 0 aliphatic carbocycles. The van der Waals surface area contributed by atoms with E-state index >= 15 is 0 Å². The minimum atomic E-state index is -0.277. The Morgan fingerprint density at radius 2 is 2.04 bits per heavy atom. The van der Waals surface area contributed by atoms with Crippen molar-refractivity contribution < 1.29 is 9.59 Å². The number of nitrogens with one attached hydrogen (secondary N) is 1. The zero-order chi connectivity index (χ0) is 19.5. The van der Waals surface area contributed by atoms with E-state index in [1.807, 2.05) is 29.7 Å². The van der Waals surface area contributed by atoms with Gasteiger partial charge in [0.2, 0.25) is 0 Å².